The maximum atomic E-state index is 13.5. The van der Waals surface area contributed by atoms with Gasteiger partial charge < -0.3 is 10.5 Å². The minimum Gasteiger partial charge on any atom is -0.378 e. The molecule has 0 aromatic heterocycles. The maximum Gasteiger partial charge on any atom is 0.133 e. The average molecular weight is 273 g/mol. The Bertz CT molecular complexity index is 410. The Hall–Kier alpha value is -1.07. The van der Waals surface area contributed by atoms with Gasteiger partial charge in [-0.3, -0.25) is 0 Å². The molecule has 0 bridgehead atoms. The second-order valence-electron chi connectivity index (χ2n) is 4.96. The van der Waals surface area contributed by atoms with Crippen LogP contribution in [0.1, 0.15) is 43.7 Å². The van der Waals surface area contributed by atoms with E-state index in [1.54, 1.807) is 0 Å². The van der Waals surface area contributed by atoms with E-state index < -0.39 is 23.5 Å². The molecule has 2 atom stereocenters. The summed E-state index contributed by atoms with van der Waals surface area (Å²) in [4.78, 5) is 0. The highest BCUT2D eigenvalue weighted by Gasteiger charge is 2.21. The fourth-order valence-electron chi connectivity index (χ4n) is 2.45. The molecule has 1 aromatic carbocycles. The quantitative estimate of drug-likeness (QED) is 0.912. The van der Waals surface area contributed by atoms with Crippen LogP contribution in [-0.2, 0) is 4.74 Å². The first-order chi connectivity index (χ1) is 9.08. The Kier molecular flexibility index (Phi) is 4.82. The molecule has 2 unspecified atom stereocenters. The largest absolute Gasteiger partial charge is 0.378 e. The van der Waals surface area contributed by atoms with Crippen molar-refractivity contribution in [2.45, 2.75) is 44.2 Å². The maximum absolute atomic E-state index is 13.5. The summed E-state index contributed by atoms with van der Waals surface area (Å²) < 4.78 is 45.4. The van der Waals surface area contributed by atoms with Crippen molar-refractivity contribution in [1.82, 2.24) is 0 Å². The molecule has 1 aliphatic heterocycles. The summed E-state index contributed by atoms with van der Waals surface area (Å²) in [5.41, 5.74) is 5.57. The SMILES string of the molecule is NC(CCC1CCCCO1)c1c(F)cc(F)cc1F. The molecule has 1 aliphatic rings. The van der Waals surface area contributed by atoms with Gasteiger partial charge in [0.25, 0.3) is 0 Å². The van der Waals surface area contributed by atoms with Gasteiger partial charge in [-0.25, -0.2) is 13.2 Å². The Balaban J connectivity index is 1.97. The Morgan fingerprint density at radius 1 is 1.21 bits per heavy atom. The number of nitrogens with two attached hydrogens (primary N) is 1. The Labute approximate surface area is 110 Å². The van der Waals surface area contributed by atoms with Gasteiger partial charge in [-0.1, -0.05) is 0 Å². The summed E-state index contributed by atoms with van der Waals surface area (Å²) in [6.45, 7) is 0.735. The van der Waals surface area contributed by atoms with Crippen LogP contribution in [0.2, 0.25) is 0 Å². The molecule has 1 aromatic rings. The fraction of sp³-hybridized carbons (Fsp3) is 0.571. The van der Waals surface area contributed by atoms with Gasteiger partial charge in [-0.2, -0.15) is 0 Å². The predicted octanol–water partition coefficient (Wildman–Crippen LogP) is 3.45. The smallest absolute Gasteiger partial charge is 0.133 e. The number of ether oxygens (including phenoxy) is 1. The molecule has 1 heterocycles. The lowest BCUT2D eigenvalue weighted by molar-refractivity contribution is 0.00902. The van der Waals surface area contributed by atoms with E-state index in [0.717, 1.165) is 25.9 Å². The highest BCUT2D eigenvalue weighted by atomic mass is 19.1. The minimum atomic E-state index is -0.929. The number of hydrogen-bond acceptors (Lipinski definition) is 2. The van der Waals surface area contributed by atoms with Crippen LogP contribution < -0.4 is 5.73 Å². The van der Waals surface area contributed by atoms with Crippen LogP contribution in [0.4, 0.5) is 13.2 Å². The van der Waals surface area contributed by atoms with Crippen LogP contribution in [-0.4, -0.2) is 12.7 Å². The molecule has 0 amide bonds. The highest BCUT2D eigenvalue weighted by molar-refractivity contribution is 5.23. The molecule has 2 nitrogen and oxygen atoms in total. The minimum absolute atomic E-state index is 0.117. The summed E-state index contributed by atoms with van der Waals surface area (Å²) in [6, 6.07) is 0.552. The summed E-state index contributed by atoms with van der Waals surface area (Å²) in [6.07, 6.45) is 4.33. The molecule has 2 N–H and O–H groups in total. The van der Waals surface area contributed by atoms with Crippen molar-refractivity contribution in [3.63, 3.8) is 0 Å². The molecular weight excluding hydrogens is 255 g/mol. The molecule has 0 spiro atoms. The summed E-state index contributed by atoms with van der Waals surface area (Å²) in [5.74, 6) is -2.77. The van der Waals surface area contributed by atoms with Gasteiger partial charge >= 0.3 is 0 Å². The molecule has 0 aliphatic carbocycles. The van der Waals surface area contributed by atoms with Crippen LogP contribution in [0.5, 0.6) is 0 Å². The van der Waals surface area contributed by atoms with E-state index in [1.165, 1.54) is 0 Å². The van der Waals surface area contributed by atoms with Gasteiger partial charge in [-0.05, 0) is 32.1 Å². The van der Waals surface area contributed by atoms with Crippen molar-refractivity contribution >= 4 is 0 Å². The van der Waals surface area contributed by atoms with E-state index in [1.807, 2.05) is 0 Å². The van der Waals surface area contributed by atoms with Crippen LogP contribution in [0.3, 0.4) is 0 Å². The second kappa shape index (κ2) is 6.39. The third-order valence-electron chi connectivity index (χ3n) is 3.49. The standard InChI is InChI=1S/C14H18F3NO/c15-9-7-11(16)14(12(17)8-9)13(18)5-4-10-3-1-2-6-19-10/h7-8,10,13H,1-6,18H2. The van der Waals surface area contributed by atoms with E-state index in [4.69, 9.17) is 10.5 Å². The number of halogens is 3. The van der Waals surface area contributed by atoms with Crippen molar-refractivity contribution in [3.05, 3.63) is 35.1 Å². The lowest BCUT2D eigenvalue weighted by Crippen LogP contribution is -2.22. The van der Waals surface area contributed by atoms with Gasteiger partial charge in [0, 0.05) is 30.3 Å². The van der Waals surface area contributed by atoms with E-state index in [-0.39, 0.29) is 11.7 Å². The summed E-state index contributed by atoms with van der Waals surface area (Å²) in [7, 11) is 0. The third kappa shape index (κ3) is 3.70. The first-order valence-corrected chi connectivity index (χ1v) is 6.59. The van der Waals surface area contributed by atoms with E-state index in [2.05, 4.69) is 0 Å². The van der Waals surface area contributed by atoms with Crippen LogP contribution in [0, 0.1) is 17.5 Å². The number of rotatable bonds is 4. The zero-order valence-corrected chi connectivity index (χ0v) is 10.7. The molecule has 1 fully saturated rings. The Morgan fingerprint density at radius 3 is 2.47 bits per heavy atom. The third-order valence-corrected chi connectivity index (χ3v) is 3.49. The molecule has 106 valence electrons. The second-order valence-corrected chi connectivity index (χ2v) is 4.96. The van der Waals surface area contributed by atoms with Gasteiger partial charge in [0.2, 0.25) is 0 Å². The Morgan fingerprint density at radius 2 is 1.89 bits per heavy atom. The monoisotopic (exact) mass is 273 g/mol. The zero-order chi connectivity index (χ0) is 13.8. The predicted molar refractivity (Wildman–Crippen MR) is 66.1 cm³/mol. The van der Waals surface area contributed by atoms with Gasteiger partial charge in [0.1, 0.15) is 17.5 Å². The molecule has 0 saturated carbocycles. The molecule has 19 heavy (non-hydrogen) atoms. The zero-order valence-electron chi connectivity index (χ0n) is 10.7. The van der Waals surface area contributed by atoms with E-state index >= 15 is 0 Å². The number of benzene rings is 1. The average Bonchev–Trinajstić information content (AvgIpc) is 2.36. The van der Waals surface area contributed by atoms with Crippen LogP contribution >= 0.6 is 0 Å². The number of hydrogen-bond donors (Lipinski definition) is 1. The van der Waals surface area contributed by atoms with Gasteiger partial charge in [0.05, 0.1) is 6.10 Å². The van der Waals surface area contributed by atoms with Crippen molar-refractivity contribution in [3.8, 4) is 0 Å². The fourth-order valence-corrected chi connectivity index (χ4v) is 2.45. The van der Waals surface area contributed by atoms with Crippen LogP contribution in [0.25, 0.3) is 0 Å². The highest BCUT2D eigenvalue weighted by Crippen LogP contribution is 2.26. The molecule has 5 heteroatoms. The van der Waals surface area contributed by atoms with E-state index in [9.17, 15) is 13.2 Å². The molecule has 2 rings (SSSR count). The van der Waals surface area contributed by atoms with Crippen LogP contribution in [0.15, 0.2) is 12.1 Å². The first kappa shape index (κ1) is 14.3. The topological polar surface area (TPSA) is 35.2 Å². The van der Waals surface area contributed by atoms with Crippen molar-refractivity contribution in [2.75, 3.05) is 6.61 Å². The summed E-state index contributed by atoms with van der Waals surface area (Å²) in [5, 5.41) is 0. The van der Waals surface area contributed by atoms with E-state index in [0.29, 0.717) is 25.0 Å². The lowest BCUT2D eigenvalue weighted by atomic mass is 9.97. The molecular formula is C14H18F3NO. The van der Waals surface area contributed by atoms with Crippen molar-refractivity contribution < 1.29 is 17.9 Å². The van der Waals surface area contributed by atoms with Crippen molar-refractivity contribution in [2.24, 2.45) is 5.73 Å². The first-order valence-electron chi connectivity index (χ1n) is 6.59. The summed E-state index contributed by atoms with van der Waals surface area (Å²) >= 11 is 0. The lowest BCUT2D eigenvalue weighted by Gasteiger charge is -2.24. The van der Waals surface area contributed by atoms with Crippen molar-refractivity contribution in [1.29, 1.82) is 0 Å². The van der Waals surface area contributed by atoms with Gasteiger partial charge in [0.15, 0.2) is 0 Å². The van der Waals surface area contributed by atoms with Gasteiger partial charge in [-0.15, -0.1) is 0 Å². The molecule has 1 saturated heterocycles. The normalized spacial score (nSPS) is 21.4. The molecule has 0 radical (unpaired) electrons.